The zero-order valence-electron chi connectivity index (χ0n) is 60.1. The first-order valence-electron chi connectivity index (χ1n) is 32.5. The molecule has 8 rings (SSSR count). The number of aliphatic hydroxyl groups is 4. The number of hydrogen-bond acceptors (Lipinski definition) is 8. The summed E-state index contributed by atoms with van der Waals surface area (Å²) in [5, 5.41) is 39.0. The van der Waals surface area contributed by atoms with Crippen LogP contribution in [0.15, 0.2) is 134 Å². The molecule has 0 fully saturated rings. The molecule has 2 radical (unpaired) electrons. The largest absolute Gasteiger partial charge is 0.392 e. The van der Waals surface area contributed by atoms with Crippen molar-refractivity contribution in [2.24, 2.45) is 21.7 Å². The van der Waals surface area contributed by atoms with Gasteiger partial charge in [0, 0.05) is 88.0 Å². The van der Waals surface area contributed by atoms with Gasteiger partial charge in [0.2, 0.25) is 0 Å². The molecule has 92 heavy (non-hydrogen) atoms. The molecule has 0 aliphatic rings. The quantitative estimate of drug-likeness (QED) is 0.0890. The fourth-order valence-corrected chi connectivity index (χ4v) is 9.67. The van der Waals surface area contributed by atoms with Crippen LogP contribution < -0.4 is 0 Å². The van der Waals surface area contributed by atoms with E-state index in [0.717, 1.165) is 80.4 Å². The Morgan fingerprint density at radius 1 is 0.402 bits per heavy atom. The first-order chi connectivity index (χ1) is 41.6. The molecular weight excluding hydrogens is 1490 g/mol. The van der Waals surface area contributed by atoms with Gasteiger partial charge >= 0.3 is 0 Å². The summed E-state index contributed by atoms with van der Waals surface area (Å²) in [7, 11) is 0. The van der Waals surface area contributed by atoms with E-state index in [9.17, 15) is 20.4 Å². The van der Waals surface area contributed by atoms with E-state index in [1.807, 2.05) is 102 Å². The maximum atomic E-state index is 9.76. The van der Waals surface area contributed by atoms with Crippen molar-refractivity contribution in [1.29, 1.82) is 0 Å². The van der Waals surface area contributed by atoms with Crippen LogP contribution in [-0.4, -0.2) is 64.8 Å². The van der Waals surface area contributed by atoms with Gasteiger partial charge in [-0.25, -0.2) is 0 Å². The monoisotopic (exact) mass is 1600 g/mol. The minimum absolute atomic E-state index is 0. The van der Waals surface area contributed by atoms with E-state index in [4.69, 9.17) is 19.9 Å². The molecule has 8 aromatic rings. The number of rotatable bonds is 12. The van der Waals surface area contributed by atoms with Crippen molar-refractivity contribution in [2.75, 3.05) is 0 Å². The van der Waals surface area contributed by atoms with E-state index in [2.05, 4.69) is 210 Å². The van der Waals surface area contributed by atoms with Gasteiger partial charge in [0.15, 0.2) is 0 Å². The molecular formula is C82H110Ir2N4O4-2. The van der Waals surface area contributed by atoms with Gasteiger partial charge in [-0.05, 0) is 119 Å². The van der Waals surface area contributed by atoms with Gasteiger partial charge < -0.3 is 30.4 Å². The summed E-state index contributed by atoms with van der Waals surface area (Å²) in [4.78, 5) is 20.2. The predicted molar refractivity (Wildman–Crippen MR) is 381 cm³/mol. The fourth-order valence-electron chi connectivity index (χ4n) is 9.67. The topological polar surface area (TPSA) is 132 Å². The summed E-state index contributed by atoms with van der Waals surface area (Å²) < 4.78 is 0. The second-order valence-electron chi connectivity index (χ2n) is 31.1. The molecule has 4 unspecified atom stereocenters. The van der Waals surface area contributed by atoms with E-state index >= 15 is 0 Å². The second-order valence-corrected chi connectivity index (χ2v) is 31.1. The first-order valence-corrected chi connectivity index (χ1v) is 32.5. The number of aliphatic hydroxyl groups excluding tert-OH is 4. The summed E-state index contributed by atoms with van der Waals surface area (Å²) >= 11 is 0. The summed E-state index contributed by atoms with van der Waals surface area (Å²) in [5.74, 6) is 0. The average Bonchev–Trinajstić information content (AvgIpc) is 0.794. The number of aryl methyl sites for hydroxylation is 6. The Labute approximate surface area is 583 Å². The van der Waals surface area contributed by atoms with Gasteiger partial charge in [0.1, 0.15) is 0 Å². The first kappa shape index (κ1) is 80.9. The molecule has 6 aromatic carbocycles. The van der Waals surface area contributed by atoms with Crippen LogP contribution in [-0.2, 0) is 63.9 Å². The summed E-state index contributed by atoms with van der Waals surface area (Å²) in [6, 6.07) is 49.8. The minimum Gasteiger partial charge on any atom is -0.392 e. The summed E-state index contributed by atoms with van der Waals surface area (Å²) in [5.41, 5.74) is 21.3. The summed E-state index contributed by atoms with van der Waals surface area (Å²) in [6.45, 7) is 49.9. The maximum absolute atomic E-state index is 9.76. The van der Waals surface area contributed by atoms with Gasteiger partial charge in [-0.2, -0.15) is 0 Å². The molecule has 0 saturated carbocycles. The zero-order valence-corrected chi connectivity index (χ0v) is 64.9. The van der Waals surface area contributed by atoms with E-state index in [1.165, 1.54) is 44.5 Å². The van der Waals surface area contributed by atoms with Gasteiger partial charge in [0.05, 0.1) is 47.2 Å². The maximum Gasteiger partial charge on any atom is 0.0876 e. The van der Waals surface area contributed by atoms with Crippen molar-refractivity contribution in [3.8, 4) is 67.5 Å². The SMILES string of the molecule is CC(C)(C)C(O)CC(O)C(C)(C)C.CC(C)(C)C(O)CC(O)C(C)(C)C.CCc1cc[c-]c(-c2ncc(-c3cc(C)ccc3C)nc2-c2cccc(CC)c2)c1.Cc1ccc(C)c(-c2cnc(-c3[c-]cc(C(C)(C)C)cc3)c(-c3ccc(C(C)(C)C)cc3)n2)c1.[Ir].[Ir]. The molecule has 0 amide bonds. The predicted octanol–water partition coefficient (Wildman–Crippen LogP) is 19.9. The van der Waals surface area contributed by atoms with Crippen molar-refractivity contribution >= 4 is 0 Å². The standard InChI is InChI=1S/C32H35N2.C28H27N2.2C11H24O2.2Ir/c1-21-9-10-22(2)27(19-21)28-20-33-29(23-11-15-25(16-12-23)31(3,4)5)30(34-28)24-13-17-26(18-14-24)32(6,7)8;1-5-21-9-7-11-23(16-21)27-28(24-12-8-10-22(6-2)17-24)30-26(18-29-27)25-15-19(3)13-14-20(25)4;2*1-10(2,3)8(12)7-9(13)11(4,5)6;;/h9-11,13-20H,1-8H3;7-10,12-18H,5-6H2,1-4H3;2*8-9,12-13H,7H2,1-6H3;;/q2*-1;;;;. The Hall–Kier alpha value is -5.38. The molecule has 0 spiro atoms. The van der Waals surface area contributed by atoms with Crippen LogP contribution in [0.4, 0.5) is 0 Å². The van der Waals surface area contributed by atoms with Gasteiger partial charge in [-0.15, -0.1) is 70.8 Å². The van der Waals surface area contributed by atoms with Crippen LogP contribution in [0.25, 0.3) is 67.5 Å². The van der Waals surface area contributed by atoms with Crippen LogP contribution in [0, 0.1) is 61.5 Å². The van der Waals surface area contributed by atoms with Crippen LogP contribution >= 0.6 is 0 Å². The molecule has 0 bridgehead atoms. The molecule has 0 aliphatic carbocycles. The van der Waals surface area contributed by atoms with Crippen molar-refractivity contribution in [1.82, 2.24) is 19.9 Å². The molecule has 4 atom stereocenters. The second kappa shape index (κ2) is 33.8. The van der Waals surface area contributed by atoms with E-state index in [0.29, 0.717) is 12.8 Å². The van der Waals surface area contributed by atoms with Gasteiger partial charge in [0.25, 0.3) is 0 Å². The van der Waals surface area contributed by atoms with Crippen molar-refractivity contribution < 1.29 is 60.6 Å². The zero-order chi connectivity index (χ0) is 67.5. The molecule has 0 aliphatic heterocycles. The van der Waals surface area contributed by atoms with Crippen LogP contribution in [0.5, 0.6) is 0 Å². The average molecular weight is 1600 g/mol. The van der Waals surface area contributed by atoms with E-state index in [1.54, 1.807) is 0 Å². The Balaban J connectivity index is 0.000000346. The third-order valence-corrected chi connectivity index (χ3v) is 16.9. The molecule has 502 valence electrons. The molecule has 4 N–H and O–H groups in total. The van der Waals surface area contributed by atoms with E-state index < -0.39 is 24.4 Å². The van der Waals surface area contributed by atoms with Crippen molar-refractivity contribution in [3.05, 3.63) is 190 Å². The van der Waals surface area contributed by atoms with Gasteiger partial charge in [-0.3, -0.25) is 9.97 Å². The van der Waals surface area contributed by atoms with Gasteiger partial charge in [-0.1, -0.05) is 222 Å². The molecule has 8 nitrogen and oxygen atoms in total. The van der Waals surface area contributed by atoms with Crippen molar-refractivity contribution in [3.63, 3.8) is 0 Å². The molecule has 0 saturated heterocycles. The minimum atomic E-state index is -0.443. The van der Waals surface area contributed by atoms with Crippen molar-refractivity contribution in [2.45, 2.75) is 227 Å². The smallest absolute Gasteiger partial charge is 0.0876 e. The van der Waals surface area contributed by atoms with E-state index in [-0.39, 0.29) is 72.7 Å². The molecule has 10 heteroatoms. The van der Waals surface area contributed by atoms with Crippen LogP contribution in [0.3, 0.4) is 0 Å². The Morgan fingerprint density at radius 3 is 1.20 bits per heavy atom. The third-order valence-electron chi connectivity index (χ3n) is 16.9. The number of aromatic nitrogens is 4. The van der Waals surface area contributed by atoms with Crippen LogP contribution in [0.1, 0.15) is 196 Å². The third kappa shape index (κ3) is 23.5. The summed E-state index contributed by atoms with van der Waals surface area (Å²) in [6.07, 6.45) is 4.90. The normalized spacial score (nSPS) is 13.3. The fraction of sp³-hybridized carbons (Fsp3) is 0.463. The Morgan fingerprint density at radius 2 is 0.804 bits per heavy atom. The number of nitrogens with zero attached hydrogens (tertiary/aromatic N) is 4. The molecule has 2 heterocycles. The Bertz CT molecular complexity index is 3520. The number of hydrogen-bond donors (Lipinski definition) is 4. The Kier molecular flexibility index (Phi) is 29.7. The number of benzene rings is 6. The molecule has 2 aromatic heterocycles. The van der Waals surface area contributed by atoms with Crippen LogP contribution in [0.2, 0.25) is 0 Å².